The predicted octanol–water partition coefficient (Wildman–Crippen LogP) is 3.15. The number of nitrogens with zero attached hydrogens (tertiary/aromatic N) is 1. The van der Waals surface area contributed by atoms with E-state index in [0.29, 0.717) is 0 Å². The molecule has 0 aliphatic heterocycles. The zero-order chi connectivity index (χ0) is 14.1. The summed E-state index contributed by atoms with van der Waals surface area (Å²) in [6.07, 6.45) is -5.14. The average Bonchev–Trinajstić information content (AvgIpc) is 2.16. The smallest absolute Gasteiger partial charge is 0.403 e. The van der Waals surface area contributed by atoms with E-state index in [0.717, 1.165) is 12.1 Å². The van der Waals surface area contributed by atoms with Gasteiger partial charge in [-0.25, -0.2) is 8.42 Å². The molecule has 0 unspecified atom stereocenters. The standard InChI is InChI=1S/C8H2BrClF3NO3S/c9-5-1-4(3-14)7(17-8(11,12)13)6(2-5)18(10,15)16/h1-2H. The first-order chi connectivity index (χ1) is 8.04. The molecule has 0 aromatic heterocycles. The second kappa shape index (κ2) is 4.95. The summed E-state index contributed by atoms with van der Waals surface area (Å²) in [5.41, 5.74) is -0.610. The lowest BCUT2D eigenvalue weighted by atomic mass is 10.2. The van der Waals surface area contributed by atoms with Gasteiger partial charge in [-0.15, -0.1) is 13.2 Å². The molecule has 0 N–H and O–H groups in total. The monoisotopic (exact) mass is 363 g/mol. The van der Waals surface area contributed by atoms with Crippen molar-refractivity contribution >= 4 is 35.7 Å². The van der Waals surface area contributed by atoms with Crippen LogP contribution in [0.1, 0.15) is 5.56 Å². The van der Waals surface area contributed by atoms with Crippen molar-refractivity contribution in [2.75, 3.05) is 0 Å². The van der Waals surface area contributed by atoms with Crippen molar-refractivity contribution in [2.24, 2.45) is 0 Å². The highest BCUT2D eigenvalue weighted by molar-refractivity contribution is 9.10. The second-order valence-electron chi connectivity index (χ2n) is 2.88. The molecule has 4 nitrogen and oxygen atoms in total. The van der Waals surface area contributed by atoms with E-state index in [-0.39, 0.29) is 4.47 Å². The maximum atomic E-state index is 12.1. The van der Waals surface area contributed by atoms with Gasteiger partial charge in [0.25, 0.3) is 9.05 Å². The van der Waals surface area contributed by atoms with Gasteiger partial charge < -0.3 is 4.74 Å². The van der Waals surface area contributed by atoms with E-state index in [1.807, 2.05) is 0 Å². The summed E-state index contributed by atoms with van der Waals surface area (Å²) in [5, 5.41) is 8.67. The molecule has 1 aromatic carbocycles. The number of ether oxygens (including phenoxy) is 1. The molecule has 0 aliphatic carbocycles. The Morgan fingerprint density at radius 1 is 1.39 bits per heavy atom. The van der Waals surface area contributed by atoms with Crippen LogP contribution in [0.4, 0.5) is 13.2 Å². The highest BCUT2D eigenvalue weighted by Gasteiger charge is 2.35. The van der Waals surface area contributed by atoms with Crippen molar-refractivity contribution in [1.29, 1.82) is 5.26 Å². The first-order valence-electron chi connectivity index (χ1n) is 3.98. The number of nitriles is 1. The van der Waals surface area contributed by atoms with Gasteiger partial charge in [-0.3, -0.25) is 0 Å². The Bertz CT molecular complexity index is 624. The van der Waals surface area contributed by atoms with Crippen molar-refractivity contribution < 1.29 is 26.3 Å². The van der Waals surface area contributed by atoms with Gasteiger partial charge in [-0.2, -0.15) is 5.26 Å². The Morgan fingerprint density at radius 3 is 2.33 bits per heavy atom. The van der Waals surface area contributed by atoms with Crippen molar-refractivity contribution in [2.45, 2.75) is 11.3 Å². The predicted molar refractivity (Wildman–Crippen MR) is 58.6 cm³/mol. The quantitative estimate of drug-likeness (QED) is 0.756. The van der Waals surface area contributed by atoms with Crippen LogP contribution in [-0.2, 0) is 9.05 Å². The van der Waals surface area contributed by atoms with Gasteiger partial charge in [0.2, 0.25) is 0 Å². The molecule has 0 spiro atoms. The van der Waals surface area contributed by atoms with Gasteiger partial charge in [-0.05, 0) is 12.1 Å². The lowest BCUT2D eigenvalue weighted by molar-refractivity contribution is -0.275. The van der Waals surface area contributed by atoms with Crippen molar-refractivity contribution in [1.82, 2.24) is 0 Å². The third-order valence-corrected chi connectivity index (χ3v) is 3.41. The molecule has 10 heteroatoms. The number of hydrogen-bond acceptors (Lipinski definition) is 4. The number of halogens is 5. The van der Waals surface area contributed by atoms with Crippen molar-refractivity contribution in [3.8, 4) is 11.8 Å². The topological polar surface area (TPSA) is 67.2 Å². The van der Waals surface area contributed by atoms with Crippen LogP contribution in [0, 0.1) is 11.3 Å². The molecule has 0 radical (unpaired) electrons. The molecular weight excluding hydrogens is 363 g/mol. The van der Waals surface area contributed by atoms with E-state index in [1.54, 1.807) is 0 Å². The molecule has 0 bridgehead atoms. The third-order valence-electron chi connectivity index (χ3n) is 1.62. The summed E-state index contributed by atoms with van der Waals surface area (Å²) >= 11 is 2.85. The molecule has 98 valence electrons. The minimum absolute atomic E-state index is 0.0767. The molecule has 1 rings (SSSR count). The fraction of sp³-hybridized carbons (Fsp3) is 0.125. The van der Waals surface area contributed by atoms with E-state index in [9.17, 15) is 21.6 Å². The third kappa shape index (κ3) is 3.76. The fourth-order valence-electron chi connectivity index (χ4n) is 1.05. The number of hydrogen-bond donors (Lipinski definition) is 0. The zero-order valence-corrected chi connectivity index (χ0v) is 11.3. The van der Waals surface area contributed by atoms with E-state index in [1.165, 1.54) is 6.07 Å². The molecule has 0 fully saturated rings. The fourth-order valence-corrected chi connectivity index (χ4v) is 2.65. The van der Waals surface area contributed by atoms with Crippen LogP contribution < -0.4 is 4.74 Å². The lowest BCUT2D eigenvalue weighted by Gasteiger charge is -2.13. The Labute approximate surface area is 112 Å². The van der Waals surface area contributed by atoms with Crippen LogP contribution in [0.5, 0.6) is 5.75 Å². The van der Waals surface area contributed by atoms with Crippen LogP contribution in [0.2, 0.25) is 0 Å². The van der Waals surface area contributed by atoms with Crippen LogP contribution in [0.15, 0.2) is 21.5 Å². The molecule has 0 aliphatic rings. The molecule has 18 heavy (non-hydrogen) atoms. The van der Waals surface area contributed by atoms with E-state index >= 15 is 0 Å². The Morgan fingerprint density at radius 2 is 1.94 bits per heavy atom. The first kappa shape index (κ1) is 15.1. The highest BCUT2D eigenvalue weighted by atomic mass is 79.9. The largest absolute Gasteiger partial charge is 0.573 e. The average molecular weight is 365 g/mol. The normalized spacial score (nSPS) is 12.0. The molecule has 0 atom stereocenters. The van der Waals surface area contributed by atoms with Gasteiger partial charge in [0.05, 0.1) is 5.56 Å². The van der Waals surface area contributed by atoms with Crippen LogP contribution in [0.3, 0.4) is 0 Å². The minimum Gasteiger partial charge on any atom is -0.403 e. The van der Waals surface area contributed by atoms with Gasteiger partial charge in [0, 0.05) is 15.2 Å². The summed E-state index contributed by atoms with van der Waals surface area (Å²) in [6, 6.07) is 3.18. The summed E-state index contributed by atoms with van der Waals surface area (Å²) in [4.78, 5) is -0.938. The Balaban J connectivity index is 3.60. The van der Waals surface area contributed by atoms with Crippen molar-refractivity contribution in [3.63, 3.8) is 0 Å². The van der Waals surface area contributed by atoms with Crippen LogP contribution >= 0.6 is 26.6 Å². The maximum absolute atomic E-state index is 12.1. The summed E-state index contributed by atoms with van der Waals surface area (Å²) in [5.74, 6) is -1.15. The van der Waals surface area contributed by atoms with Gasteiger partial charge >= 0.3 is 6.36 Å². The molecule has 0 amide bonds. The van der Waals surface area contributed by atoms with E-state index < -0.39 is 31.6 Å². The van der Waals surface area contributed by atoms with Gasteiger partial charge in [0.15, 0.2) is 5.75 Å². The Hall–Kier alpha value is -0.980. The lowest BCUT2D eigenvalue weighted by Crippen LogP contribution is -2.19. The molecular formula is C8H2BrClF3NO3S. The van der Waals surface area contributed by atoms with E-state index in [2.05, 4.69) is 20.7 Å². The van der Waals surface area contributed by atoms with E-state index in [4.69, 9.17) is 15.9 Å². The summed E-state index contributed by atoms with van der Waals surface area (Å²) in [6.45, 7) is 0. The SMILES string of the molecule is N#Cc1cc(Br)cc(S(=O)(=O)Cl)c1OC(F)(F)F. The summed E-state index contributed by atoms with van der Waals surface area (Å²) < 4.78 is 62.3. The molecule has 0 saturated heterocycles. The number of rotatable bonds is 2. The number of benzene rings is 1. The Kier molecular flexibility index (Phi) is 4.15. The number of alkyl halides is 3. The first-order valence-corrected chi connectivity index (χ1v) is 7.09. The van der Waals surface area contributed by atoms with Crippen molar-refractivity contribution in [3.05, 3.63) is 22.2 Å². The second-order valence-corrected chi connectivity index (χ2v) is 6.33. The molecule has 1 aromatic rings. The van der Waals surface area contributed by atoms with Crippen LogP contribution in [-0.4, -0.2) is 14.8 Å². The molecule has 0 heterocycles. The van der Waals surface area contributed by atoms with Gasteiger partial charge in [-0.1, -0.05) is 15.9 Å². The van der Waals surface area contributed by atoms with Crippen LogP contribution in [0.25, 0.3) is 0 Å². The molecule has 0 saturated carbocycles. The van der Waals surface area contributed by atoms with Gasteiger partial charge in [0.1, 0.15) is 11.0 Å². The minimum atomic E-state index is -5.14. The zero-order valence-electron chi connectivity index (χ0n) is 8.12. The summed E-state index contributed by atoms with van der Waals surface area (Å²) in [7, 11) is 0.493. The maximum Gasteiger partial charge on any atom is 0.573 e. The highest BCUT2D eigenvalue weighted by Crippen LogP contribution is 2.36.